The van der Waals surface area contributed by atoms with Gasteiger partial charge < -0.3 is 71.1 Å². The van der Waals surface area contributed by atoms with E-state index in [0.29, 0.717) is 86.0 Å². The van der Waals surface area contributed by atoms with Gasteiger partial charge in [-0.15, -0.1) is 0 Å². The lowest BCUT2D eigenvalue weighted by molar-refractivity contribution is -0.138. The number of carbonyl (C=O) groups excluding carboxylic acids is 11. The van der Waals surface area contributed by atoms with Gasteiger partial charge in [0.2, 0.25) is 0 Å². The Kier molecular flexibility index (Phi) is 42.3. The zero-order chi connectivity index (χ0) is 82.5. The van der Waals surface area contributed by atoms with Crippen molar-refractivity contribution in [3.63, 3.8) is 0 Å². The summed E-state index contributed by atoms with van der Waals surface area (Å²) < 4.78 is 77.8. The van der Waals surface area contributed by atoms with E-state index in [-0.39, 0.29) is 77.4 Å². The number of nitrogens with zero attached hydrogens (tertiary/aromatic N) is 2. The van der Waals surface area contributed by atoms with Crippen LogP contribution in [0.3, 0.4) is 0 Å². The van der Waals surface area contributed by atoms with Crippen LogP contribution in [0.15, 0.2) is 225 Å². The molecule has 7 aromatic carbocycles. The van der Waals surface area contributed by atoms with Crippen LogP contribution in [0.5, 0.6) is 46.0 Å². The van der Waals surface area contributed by atoms with Gasteiger partial charge in [0, 0.05) is 24.3 Å². The molecular formula is C86H90N2O26. The van der Waals surface area contributed by atoms with Crippen LogP contribution in [0.25, 0.3) is 0 Å². The second kappa shape index (κ2) is 53.1. The molecule has 0 aliphatic rings. The number of hydrogen-bond donors (Lipinski definition) is 0. The maximum atomic E-state index is 13.0. The van der Waals surface area contributed by atoms with E-state index in [1.54, 1.807) is 78.9 Å². The Labute approximate surface area is 659 Å². The van der Waals surface area contributed by atoms with Gasteiger partial charge in [0.1, 0.15) is 51.6 Å². The molecule has 0 bridgehead atoms. The lowest BCUT2D eigenvalue weighted by Crippen LogP contribution is -2.13. The first kappa shape index (κ1) is 90.8. The van der Waals surface area contributed by atoms with E-state index in [1.807, 2.05) is 13.8 Å². The van der Waals surface area contributed by atoms with Crippen LogP contribution in [0.2, 0.25) is 0 Å². The summed E-state index contributed by atoms with van der Waals surface area (Å²) in [7, 11) is 1.22. The standard InChI is InChI=1S/C48H50N2O12.C36H34O14.C2H6/c1-4-44(51)59-30-12-8-6-10-28-57-39-23-17-37(18-24-39)46(53)61-41-21-14-35(15-22-41)33-49-50-34-36-16-27-43(42(32-36)48(55)56-3)62-47(54)38-19-25-40(26-20-38)58-29-11-7-9-13-31-60-45(52)5-2;1-3-31(37)43-21-5-7-23-45-35(41)49-29-13-9-25(10-14-29)33(39)47-27-17-19-28(20-18-27)48-34(40)26-11-15-30(16-12-26)50-36(42)46-24-8-6-22-44-32(38)4-2;1-2/h4-5,14-27,32-34H,1-2,6-13,28-31H2,3H3;3-4,9-20H,1-2,5-8,21-24H2;1-2H3/b49-33+,50-34+;;. The maximum absolute atomic E-state index is 13.0. The molecule has 0 saturated carbocycles. The van der Waals surface area contributed by atoms with E-state index >= 15 is 0 Å². The molecule has 0 aliphatic carbocycles. The topological polar surface area (TPSA) is 351 Å². The average molecular weight is 1570 g/mol. The van der Waals surface area contributed by atoms with Gasteiger partial charge in [0.05, 0.1) is 94.6 Å². The Morgan fingerprint density at radius 2 is 0.553 bits per heavy atom. The van der Waals surface area contributed by atoms with Crippen LogP contribution in [-0.2, 0) is 52.3 Å². The second-order valence-corrected chi connectivity index (χ2v) is 23.3. The average Bonchev–Trinajstić information content (AvgIpc) is 0.829. The molecule has 0 atom stereocenters. The number of methoxy groups -OCH3 is 1. The van der Waals surface area contributed by atoms with E-state index in [1.165, 1.54) is 104 Å². The van der Waals surface area contributed by atoms with E-state index in [4.69, 9.17) is 71.1 Å². The minimum atomic E-state index is -0.927. The molecule has 7 aromatic rings. The quantitative estimate of drug-likeness (QED) is 0.00500. The number of ether oxygens (including phenoxy) is 15. The minimum Gasteiger partial charge on any atom is -0.494 e. The zero-order valence-corrected chi connectivity index (χ0v) is 63.5. The van der Waals surface area contributed by atoms with Gasteiger partial charge in [0.15, 0.2) is 0 Å². The number of carbonyl (C=O) groups is 11. The second-order valence-electron chi connectivity index (χ2n) is 23.3. The van der Waals surface area contributed by atoms with Gasteiger partial charge in [-0.25, -0.2) is 52.7 Å². The number of rotatable bonds is 44. The SMILES string of the molecule is C=CC(=O)OCCCCCCOc1ccc(C(=O)Oc2ccc(/C=N/N=C/c3ccc(OC(=O)c4ccc(OCCCCCCOC(=O)C=C)cc4)c(C(=O)OC)c3)cc2)cc1.C=CC(=O)OCCCCOC(=O)Oc1ccc(C(=O)Oc2ccc(OC(=O)c3ccc(OC(=O)OCCCCOC(=O)C=C)cc3)cc2)cc1.CC. The van der Waals surface area contributed by atoms with Crippen molar-refractivity contribution in [2.75, 3.05) is 60.0 Å². The number of hydrogen-bond acceptors (Lipinski definition) is 28. The molecule has 28 heteroatoms. The smallest absolute Gasteiger partial charge is 0.494 e. The minimum absolute atomic E-state index is 0.00971. The molecule has 0 fully saturated rings. The molecule has 600 valence electrons. The van der Waals surface area contributed by atoms with Crippen LogP contribution in [0, 0.1) is 0 Å². The first-order valence-corrected chi connectivity index (χ1v) is 36.2. The first-order valence-electron chi connectivity index (χ1n) is 36.2. The fraction of sp³-hybridized carbons (Fsp3) is 0.267. The summed E-state index contributed by atoms with van der Waals surface area (Å²) in [5.41, 5.74) is 2.19. The number of unbranched alkanes of at least 4 members (excludes halogenated alkanes) is 8. The highest BCUT2D eigenvalue weighted by Crippen LogP contribution is 2.26. The van der Waals surface area contributed by atoms with Gasteiger partial charge >= 0.3 is 66.0 Å². The van der Waals surface area contributed by atoms with Crippen LogP contribution in [0.1, 0.15) is 154 Å². The molecule has 0 unspecified atom stereocenters. The van der Waals surface area contributed by atoms with Crippen molar-refractivity contribution in [3.05, 3.63) is 253 Å². The molecule has 0 aliphatic heterocycles. The Morgan fingerprint density at radius 1 is 0.289 bits per heavy atom. The van der Waals surface area contributed by atoms with Crippen LogP contribution in [0.4, 0.5) is 9.59 Å². The van der Waals surface area contributed by atoms with Crippen molar-refractivity contribution in [3.8, 4) is 46.0 Å². The van der Waals surface area contributed by atoms with Crippen molar-refractivity contribution >= 4 is 78.5 Å². The van der Waals surface area contributed by atoms with Crippen LogP contribution < -0.4 is 37.9 Å². The van der Waals surface area contributed by atoms with Crippen molar-refractivity contribution in [1.29, 1.82) is 0 Å². The molecule has 0 heterocycles. The zero-order valence-electron chi connectivity index (χ0n) is 63.5. The van der Waals surface area contributed by atoms with Crippen LogP contribution >= 0.6 is 0 Å². The maximum Gasteiger partial charge on any atom is 0.513 e. The summed E-state index contributed by atoms with van der Waals surface area (Å²) in [4.78, 5) is 131. The normalized spacial score (nSPS) is 10.3. The Balaban J connectivity index is 0.000000407. The highest BCUT2D eigenvalue weighted by molar-refractivity contribution is 5.98. The molecule has 28 nitrogen and oxygen atoms in total. The third-order valence-corrected chi connectivity index (χ3v) is 15.0. The summed E-state index contributed by atoms with van der Waals surface area (Å²) in [5.74, 6) is -2.89. The summed E-state index contributed by atoms with van der Waals surface area (Å²) >= 11 is 0. The van der Waals surface area contributed by atoms with Gasteiger partial charge in [-0.05, 0) is 252 Å². The Morgan fingerprint density at radius 3 is 0.886 bits per heavy atom. The summed E-state index contributed by atoms with van der Waals surface area (Å²) in [6, 6.07) is 41.4. The highest BCUT2D eigenvalue weighted by atomic mass is 16.7. The van der Waals surface area contributed by atoms with E-state index in [0.717, 1.165) is 75.7 Å². The summed E-state index contributed by atoms with van der Waals surface area (Å²) in [5, 5.41) is 8.14. The van der Waals surface area contributed by atoms with Crippen molar-refractivity contribution in [2.24, 2.45) is 10.2 Å². The highest BCUT2D eigenvalue weighted by Gasteiger charge is 2.20. The summed E-state index contributed by atoms with van der Waals surface area (Å²) in [6.45, 7) is 19.6. The van der Waals surface area contributed by atoms with Gasteiger partial charge in [-0.3, -0.25) is 0 Å². The molecule has 7 rings (SSSR count). The molecule has 0 N–H and O–H groups in total. The molecule has 0 radical (unpaired) electrons. The first-order chi connectivity index (χ1) is 55.3. The monoisotopic (exact) mass is 1570 g/mol. The number of benzene rings is 7. The lowest BCUT2D eigenvalue weighted by atomic mass is 10.1. The Bertz CT molecular complexity index is 4220. The van der Waals surface area contributed by atoms with E-state index < -0.39 is 66.0 Å². The van der Waals surface area contributed by atoms with Crippen LogP contribution in [-0.4, -0.2) is 138 Å². The van der Waals surface area contributed by atoms with Crippen molar-refractivity contribution in [1.82, 2.24) is 0 Å². The molecule has 0 spiro atoms. The largest absolute Gasteiger partial charge is 0.513 e. The fourth-order valence-electron chi connectivity index (χ4n) is 9.13. The van der Waals surface area contributed by atoms with Crippen molar-refractivity contribution in [2.45, 2.75) is 90.9 Å². The van der Waals surface area contributed by atoms with Crippen molar-refractivity contribution < 1.29 is 124 Å². The van der Waals surface area contributed by atoms with Gasteiger partial charge in [-0.1, -0.05) is 40.2 Å². The molecule has 0 amide bonds. The molecule has 114 heavy (non-hydrogen) atoms. The third kappa shape index (κ3) is 36.2. The predicted molar refractivity (Wildman–Crippen MR) is 418 cm³/mol. The number of esters is 9. The predicted octanol–water partition coefficient (Wildman–Crippen LogP) is 15.9. The fourth-order valence-corrected chi connectivity index (χ4v) is 9.13. The van der Waals surface area contributed by atoms with E-state index in [2.05, 4.69) is 36.5 Å². The van der Waals surface area contributed by atoms with Gasteiger partial charge in [0.25, 0.3) is 0 Å². The molecule has 0 saturated heterocycles. The molecular weight excluding hydrogens is 1480 g/mol. The Hall–Kier alpha value is -13.8. The molecule has 0 aromatic heterocycles. The van der Waals surface area contributed by atoms with Gasteiger partial charge in [-0.2, -0.15) is 10.2 Å². The summed E-state index contributed by atoms with van der Waals surface area (Å²) in [6.07, 6.45) is 14.3. The lowest BCUT2D eigenvalue weighted by Gasteiger charge is -2.10. The third-order valence-electron chi connectivity index (χ3n) is 15.0. The van der Waals surface area contributed by atoms with E-state index in [9.17, 15) is 52.7 Å².